The number of nitrogen functional groups attached to an aromatic ring is 1. The number of ketones is 1. The summed E-state index contributed by atoms with van der Waals surface area (Å²) in [5.74, 6) is 0.723. The Morgan fingerprint density at radius 1 is 1.17 bits per heavy atom. The molecule has 0 aliphatic carbocycles. The van der Waals surface area contributed by atoms with E-state index in [-0.39, 0.29) is 11.9 Å². The number of Topliss-reactive ketones (excluding diaryl/α,β-unsaturated/α-hetero) is 1. The minimum Gasteiger partial charge on any atom is -0.489 e. The highest BCUT2D eigenvalue weighted by molar-refractivity contribution is 5.97. The van der Waals surface area contributed by atoms with E-state index in [9.17, 15) is 4.79 Å². The van der Waals surface area contributed by atoms with E-state index in [2.05, 4.69) is 17.0 Å². The van der Waals surface area contributed by atoms with Crippen LogP contribution in [0.5, 0.6) is 5.75 Å². The Morgan fingerprint density at radius 3 is 2.50 bits per heavy atom. The minimum absolute atomic E-state index is 0.0560. The van der Waals surface area contributed by atoms with Crippen molar-refractivity contribution in [2.45, 2.75) is 32.9 Å². The largest absolute Gasteiger partial charge is 0.489 e. The van der Waals surface area contributed by atoms with Gasteiger partial charge in [0.1, 0.15) is 5.75 Å². The summed E-state index contributed by atoms with van der Waals surface area (Å²) in [5.41, 5.74) is 8.36. The average Bonchev–Trinajstić information content (AvgIpc) is 2.55. The third-order valence-corrected chi connectivity index (χ3v) is 3.71. The quantitative estimate of drug-likeness (QED) is 0.593. The van der Waals surface area contributed by atoms with Crippen LogP contribution in [0.15, 0.2) is 48.5 Å². The summed E-state index contributed by atoms with van der Waals surface area (Å²) < 4.78 is 5.60. The molecule has 0 radical (unpaired) electrons. The lowest BCUT2D eigenvalue weighted by atomic mass is 10.1. The molecule has 0 aliphatic heterocycles. The molecule has 0 atom stereocenters. The number of nitrogens with two attached hydrogens (primary N) is 1. The Hall–Kier alpha value is -2.33. The molecule has 0 heterocycles. The van der Waals surface area contributed by atoms with E-state index < -0.39 is 0 Å². The number of anilines is 1. The van der Waals surface area contributed by atoms with Gasteiger partial charge in [-0.2, -0.15) is 0 Å². The minimum atomic E-state index is 0.0560. The molecule has 0 aliphatic rings. The maximum absolute atomic E-state index is 12.4. The van der Waals surface area contributed by atoms with Crippen molar-refractivity contribution in [1.82, 2.24) is 4.90 Å². The highest BCUT2D eigenvalue weighted by atomic mass is 16.5. The lowest BCUT2D eigenvalue weighted by Gasteiger charge is -2.16. The van der Waals surface area contributed by atoms with Crippen molar-refractivity contribution in [1.29, 1.82) is 0 Å². The van der Waals surface area contributed by atoms with Gasteiger partial charge in [0.2, 0.25) is 0 Å². The summed E-state index contributed by atoms with van der Waals surface area (Å²) in [5, 5.41) is 0. The van der Waals surface area contributed by atoms with E-state index in [0.29, 0.717) is 30.0 Å². The third kappa shape index (κ3) is 5.39. The fourth-order valence-corrected chi connectivity index (χ4v) is 2.49. The monoisotopic (exact) mass is 326 g/mol. The van der Waals surface area contributed by atoms with Crippen LogP contribution in [0.2, 0.25) is 0 Å². The number of hydrogen-bond donors (Lipinski definition) is 1. The SMILES string of the molecule is CC(C)Oc1ccc(C(=O)CCN(C)Cc2ccccc2)cc1N. The van der Waals surface area contributed by atoms with Gasteiger partial charge in [-0.15, -0.1) is 0 Å². The smallest absolute Gasteiger partial charge is 0.164 e. The van der Waals surface area contributed by atoms with Crippen LogP contribution in [0, 0.1) is 0 Å². The first kappa shape index (κ1) is 18.0. The third-order valence-electron chi connectivity index (χ3n) is 3.71. The van der Waals surface area contributed by atoms with Crippen LogP contribution in [0.25, 0.3) is 0 Å². The predicted molar refractivity (Wildman–Crippen MR) is 98.3 cm³/mol. The molecule has 0 spiro atoms. The normalized spacial score (nSPS) is 11.0. The molecule has 0 bridgehead atoms. The van der Waals surface area contributed by atoms with E-state index in [1.165, 1.54) is 5.56 Å². The fourth-order valence-electron chi connectivity index (χ4n) is 2.49. The van der Waals surface area contributed by atoms with Crippen molar-refractivity contribution >= 4 is 11.5 Å². The molecule has 0 aromatic heterocycles. The van der Waals surface area contributed by atoms with E-state index in [4.69, 9.17) is 10.5 Å². The molecule has 0 saturated carbocycles. The summed E-state index contributed by atoms with van der Waals surface area (Å²) in [6.07, 6.45) is 0.521. The molecule has 128 valence electrons. The number of benzene rings is 2. The van der Waals surface area contributed by atoms with Gasteiger partial charge in [-0.1, -0.05) is 30.3 Å². The second-order valence-corrected chi connectivity index (χ2v) is 6.32. The molecular weight excluding hydrogens is 300 g/mol. The summed E-state index contributed by atoms with van der Waals surface area (Å²) in [7, 11) is 2.02. The zero-order valence-corrected chi connectivity index (χ0v) is 14.7. The first-order valence-electron chi connectivity index (χ1n) is 8.27. The first-order chi connectivity index (χ1) is 11.5. The number of ether oxygens (including phenoxy) is 1. The van der Waals surface area contributed by atoms with Crippen LogP contribution in [0.4, 0.5) is 5.69 Å². The van der Waals surface area contributed by atoms with Gasteiger partial charge in [-0.25, -0.2) is 0 Å². The molecule has 2 N–H and O–H groups in total. The van der Waals surface area contributed by atoms with Gasteiger partial charge in [0, 0.05) is 25.1 Å². The number of rotatable bonds is 8. The Bertz CT molecular complexity index is 669. The van der Waals surface area contributed by atoms with Gasteiger partial charge in [0.25, 0.3) is 0 Å². The van der Waals surface area contributed by atoms with Gasteiger partial charge in [-0.05, 0) is 44.7 Å². The van der Waals surface area contributed by atoms with E-state index >= 15 is 0 Å². The first-order valence-corrected chi connectivity index (χ1v) is 8.27. The molecule has 4 nitrogen and oxygen atoms in total. The summed E-state index contributed by atoms with van der Waals surface area (Å²) in [6, 6.07) is 15.5. The van der Waals surface area contributed by atoms with Crippen LogP contribution < -0.4 is 10.5 Å². The van der Waals surface area contributed by atoms with Gasteiger partial charge in [0.15, 0.2) is 5.78 Å². The maximum atomic E-state index is 12.4. The maximum Gasteiger partial charge on any atom is 0.164 e. The van der Waals surface area contributed by atoms with E-state index in [1.807, 2.05) is 39.1 Å². The summed E-state index contributed by atoms with van der Waals surface area (Å²) in [4.78, 5) is 14.5. The highest BCUT2D eigenvalue weighted by Crippen LogP contribution is 2.24. The average molecular weight is 326 g/mol. The zero-order valence-electron chi connectivity index (χ0n) is 14.7. The van der Waals surface area contributed by atoms with Gasteiger partial charge < -0.3 is 15.4 Å². The van der Waals surface area contributed by atoms with Crippen LogP contribution in [-0.4, -0.2) is 30.4 Å². The Labute approximate surface area is 144 Å². The molecule has 2 aromatic rings. The fraction of sp³-hybridized carbons (Fsp3) is 0.350. The Kier molecular flexibility index (Phi) is 6.38. The molecule has 0 fully saturated rings. The molecule has 4 heteroatoms. The van der Waals surface area contributed by atoms with Gasteiger partial charge >= 0.3 is 0 Å². The summed E-state index contributed by atoms with van der Waals surface area (Å²) >= 11 is 0. The second-order valence-electron chi connectivity index (χ2n) is 6.32. The van der Waals surface area contributed by atoms with Gasteiger partial charge in [0.05, 0.1) is 11.8 Å². The lowest BCUT2D eigenvalue weighted by Crippen LogP contribution is -2.21. The second kappa shape index (κ2) is 8.50. The molecule has 2 rings (SSSR count). The van der Waals surface area contributed by atoms with Crippen LogP contribution >= 0.6 is 0 Å². The van der Waals surface area contributed by atoms with Crippen molar-refractivity contribution in [3.8, 4) is 5.75 Å². The molecule has 2 aromatic carbocycles. The lowest BCUT2D eigenvalue weighted by molar-refractivity contribution is 0.0968. The highest BCUT2D eigenvalue weighted by Gasteiger charge is 2.11. The van der Waals surface area contributed by atoms with E-state index in [1.54, 1.807) is 18.2 Å². The topological polar surface area (TPSA) is 55.6 Å². The number of hydrogen-bond acceptors (Lipinski definition) is 4. The zero-order chi connectivity index (χ0) is 17.5. The molecular formula is C20H26N2O2. The van der Waals surface area contributed by atoms with Crippen molar-refractivity contribution in [3.05, 3.63) is 59.7 Å². The van der Waals surface area contributed by atoms with Crippen molar-refractivity contribution in [3.63, 3.8) is 0 Å². The van der Waals surface area contributed by atoms with Crippen molar-refractivity contribution in [2.75, 3.05) is 19.3 Å². The molecule has 0 unspecified atom stereocenters. The number of carbonyl (C=O) groups is 1. The molecule has 0 amide bonds. The number of nitrogens with zero attached hydrogens (tertiary/aromatic N) is 1. The van der Waals surface area contributed by atoms with Crippen molar-refractivity contribution in [2.24, 2.45) is 0 Å². The van der Waals surface area contributed by atoms with Crippen LogP contribution in [0.1, 0.15) is 36.2 Å². The Morgan fingerprint density at radius 2 is 1.88 bits per heavy atom. The van der Waals surface area contributed by atoms with Gasteiger partial charge in [-0.3, -0.25) is 4.79 Å². The predicted octanol–water partition coefficient (Wildman–Crippen LogP) is 3.76. The Balaban J connectivity index is 1.89. The standard InChI is InChI=1S/C20H26N2O2/c1-15(2)24-20-10-9-17(13-18(20)21)19(23)11-12-22(3)14-16-7-5-4-6-8-16/h4-10,13,15H,11-12,14,21H2,1-3H3. The van der Waals surface area contributed by atoms with Crippen molar-refractivity contribution < 1.29 is 9.53 Å². The molecule has 0 saturated heterocycles. The summed E-state index contributed by atoms with van der Waals surface area (Å²) in [6.45, 7) is 5.43. The number of carbonyl (C=O) groups excluding carboxylic acids is 1. The molecule has 24 heavy (non-hydrogen) atoms. The van der Waals surface area contributed by atoms with Crippen LogP contribution in [0.3, 0.4) is 0 Å². The van der Waals surface area contributed by atoms with Crippen LogP contribution in [-0.2, 0) is 6.54 Å². The van der Waals surface area contributed by atoms with E-state index in [0.717, 1.165) is 6.54 Å².